The molecule has 0 radical (unpaired) electrons. The van der Waals surface area contributed by atoms with Crippen LogP contribution in [0.2, 0.25) is 0 Å². The maximum Gasteiger partial charge on any atom is 0.309 e. The van der Waals surface area contributed by atoms with Gasteiger partial charge in [0.1, 0.15) is 15.9 Å². The molecule has 2 aromatic heterocycles. The van der Waals surface area contributed by atoms with Crippen LogP contribution in [0.15, 0.2) is 17.0 Å². The van der Waals surface area contributed by atoms with Crippen molar-refractivity contribution in [1.82, 2.24) is 14.4 Å². The van der Waals surface area contributed by atoms with Crippen LogP contribution in [0, 0.1) is 11.3 Å². The Balaban J connectivity index is 2.13. The van der Waals surface area contributed by atoms with Gasteiger partial charge in [0.05, 0.1) is 5.41 Å². The molecule has 6 nitrogen and oxygen atoms in total. The molecule has 124 valence electrons. The molecule has 0 spiro atoms. The zero-order valence-electron chi connectivity index (χ0n) is 13.5. The molecule has 7 heteroatoms. The van der Waals surface area contributed by atoms with E-state index in [0.29, 0.717) is 23.3 Å². The van der Waals surface area contributed by atoms with Crippen molar-refractivity contribution >= 4 is 33.2 Å². The van der Waals surface area contributed by atoms with Gasteiger partial charge < -0.3 is 10.8 Å². The molecule has 0 bridgehead atoms. The maximum absolute atomic E-state index is 11.9. The first kappa shape index (κ1) is 16.2. The van der Waals surface area contributed by atoms with Crippen LogP contribution < -0.4 is 5.73 Å². The van der Waals surface area contributed by atoms with E-state index in [2.05, 4.69) is 32.8 Å². The van der Waals surface area contributed by atoms with E-state index in [1.165, 1.54) is 0 Å². The highest BCUT2D eigenvalue weighted by atomic mass is 79.9. The SMILES string of the molecule is CC(C)[C@]1(C(=O)O)CC[C@@](C)(c2nc(Br)c3c(N)nccn23)C1. The number of nitrogen functional groups attached to an aromatic ring is 1. The van der Waals surface area contributed by atoms with E-state index in [1.54, 1.807) is 6.20 Å². The molecule has 1 aliphatic rings. The van der Waals surface area contributed by atoms with Crippen LogP contribution in [0.1, 0.15) is 45.9 Å². The summed E-state index contributed by atoms with van der Waals surface area (Å²) in [5.41, 5.74) is 5.69. The summed E-state index contributed by atoms with van der Waals surface area (Å²) in [5.74, 6) is 0.617. The van der Waals surface area contributed by atoms with E-state index in [9.17, 15) is 9.90 Å². The van der Waals surface area contributed by atoms with Gasteiger partial charge in [-0.3, -0.25) is 9.20 Å². The third kappa shape index (κ3) is 2.24. The summed E-state index contributed by atoms with van der Waals surface area (Å²) in [6.45, 7) is 6.07. The number of fused-ring (bicyclic) bond motifs is 1. The minimum atomic E-state index is -0.711. The van der Waals surface area contributed by atoms with Gasteiger partial charge in [-0.1, -0.05) is 20.8 Å². The van der Waals surface area contributed by atoms with Crippen molar-refractivity contribution in [2.45, 2.75) is 45.4 Å². The average Bonchev–Trinajstić information content (AvgIpc) is 3.00. The second-order valence-corrected chi connectivity index (χ2v) is 7.86. The molecule has 0 saturated heterocycles. The smallest absolute Gasteiger partial charge is 0.309 e. The van der Waals surface area contributed by atoms with Crippen LogP contribution in [0.4, 0.5) is 5.82 Å². The number of nitrogens with two attached hydrogens (primary N) is 1. The molecule has 2 heterocycles. The van der Waals surface area contributed by atoms with Gasteiger partial charge in [0, 0.05) is 17.8 Å². The van der Waals surface area contributed by atoms with Gasteiger partial charge in [-0.25, -0.2) is 9.97 Å². The first-order valence-electron chi connectivity index (χ1n) is 7.73. The summed E-state index contributed by atoms with van der Waals surface area (Å²) in [5, 5.41) is 9.81. The lowest BCUT2D eigenvalue weighted by atomic mass is 9.73. The minimum Gasteiger partial charge on any atom is -0.481 e. The number of carboxylic acids is 1. The molecule has 0 unspecified atom stereocenters. The number of aromatic nitrogens is 3. The standard InChI is InChI=1S/C16H21BrN4O2/c1-9(2)16(14(22)23)5-4-15(3,8-16)13-20-11(17)10-12(18)19-6-7-21(10)13/h6-7,9H,4-5,8H2,1-3H3,(H2,18,19)(H,22,23)/t15-,16+/m1/s1. The van der Waals surface area contributed by atoms with E-state index >= 15 is 0 Å². The second kappa shape index (κ2) is 5.19. The molecule has 1 fully saturated rings. The van der Waals surface area contributed by atoms with Gasteiger partial charge in [-0.05, 0) is 41.1 Å². The number of hydrogen-bond donors (Lipinski definition) is 2. The van der Waals surface area contributed by atoms with Gasteiger partial charge in [0.2, 0.25) is 0 Å². The van der Waals surface area contributed by atoms with Crippen LogP contribution in [0.5, 0.6) is 0 Å². The van der Waals surface area contributed by atoms with Crippen molar-refractivity contribution in [3.8, 4) is 0 Å². The van der Waals surface area contributed by atoms with Crippen molar-refractivity contribution < 1.29 is 9.90 Å². The van der Waals surface area contributed by atoms with Gasteiger partial charge in [-0.15, -0.1) is 0 Å². The molecule has 2 atom stereocenters. The van der Waals surface area contributed by atoms with E-state index in [0.717, 1.165) is 17.8 Å². The van der Waals surface area contributed by atoms with Gasteiger partial charge >= 0.3 is 5.97 Å². The Morgan fingerprint density at radius 3 is 2.74 bits per heavy atom. The predicted molar refractivity (Wildman–Crippen MR) is 91.2 cm³/mol. The molecule has 0 amide bonds. The Morgan fingerprint density at radius 1 is 1.48 bits per heavy atom. The number of halogens is 1. The Labute approximate surface area is 143 Å². The number of hydrogen-bond acceptors (Lipinski definition) is 4. The van der Waals surface area contributed by atoms with Crippen molar-refractivity contribution in [3.05, 3.63) is 22.8 Å². The van der Waals surface area contributed by atoms with Crippen LogP contribution in [-0.4, -0.2) is 25.4 Å². The normalized spacial score (nSPS) is 27.9. The van der Waals surface area contributed by atoms with Gasteiger partial charge in [0.25, 0.3) is 0 Å². The summed E-state index contributed by atoms with van der Waals surface area (Å²) in [4.78, 5) is 20.7. The summed E-state index contributed by atoms with van der Waals surface area (Å²) in [6, 6.07) is 0. The number of carboxylic acid groups (broad SMARTS) is 1. The summed E-state index contributed by atoms with van der Waals surface area (Å²) in [6.07, 6.45) is 5.49. The number of rotatable bonds is 3. The molecule has 0 aromatic carbocycles. The maximum atomic E-state index is 11.9. The molecule has 0 aliphatic heterocycles. The third-order valence-corrected chi connectivity index (χ3v) is 5.99. The molecular weight excluding hydrogens is 360 g/mol. The molecule has 3 rings (SSSR count). The number of carbonyl (C=O) groups is 1. The lowest BCUT2D eigenvalue weighted by Crippen LogP contribution is -2.36. The summed E-state index contributed by atoms with van der Waals surface area (Å²) in [7, 11) is 0. The molecule has 3 N–H and O–H groups in total. The molecule has 23 heavy (non-hydrogen) atoms. The van der Waals surface area contributed by atoms with Gasteiger partial charge in [-0.2, -0.15) is 0 Å². The fourth-order valence-corrected chi connectivity index (χ4v) is 4.49. The second-order valence-electron chi connectivity index (χ2n) is 7.11. The van der Waals surface area contributed by atoms with Gasteiger partial charge in [0.15, 0.2) is 5.82 Å². The largest absolute Gasteiger partial charge is 0.481 e. The first-order chi connectivity index (χ1) is 10.7. The van der Waals surface area contributed by atoms with Crippen molar-refractivity contribution in [3.63, 3.8) is 0 Å². The average molecular weight is 381 g/mol. The minimum absolute atomic E-state index is 0.0724. The van der Waals surface area contributed by atoms with E-state index in [-0.39, 0.29) is 11.3 Å². The molecule has 1 aliphatic carbocycles. The topological polar surface area (TPSA) is 93.5 Å². The van der Waals surface area contributed by atoms with Crippen molar-refractivity contribution in [1.29, 1.82) is 0 Å². The lowest BCUT2D eigenvalue weighted by molar-refractivity contribution is -0.151. The number of imidazole rings is 1. The van der Waals surface area contributed by atoms with Crippen LogP contribution in [0.25, 0.3) is 5.52 Å². The van der Waals surface area contributed by atoms with Crippen LogP contribution in [0.3, 0.4) is 0 Å². The Bertz CT molecular complexity index is 788. The van der Waals surface area contributed by atoms with E-state index in [4.69, 9.17) is 5.73 Å². The van der Waals surface area contributed by atoms with Crippen molar-refractivity contribution in [2.24, 2.45) is 11.3 Å². The van der Waals surface area contributed by atoms with E-state index in [1.807, 2.05) is 24.4 Å². The molecular formula is C16H21BrN4O2. The highest BCUT2D eigenvalue weighted by Crippen LogP contribution is 2.54. The molecule has 1 saturated carbocycles. The summed E-state index contributed by atoms with van der Waals surface area (Å²) < 4.78 is 2.58. The quantitative estimate of drug-likeness (QED) is 0.851. The van der Waals surface area contributed by atoms with E-state index < -0.39 is 11.4 Å². The highest BCUT2D eigenvalue weighted by Gasteiger charge is 2.54. The number of nitrogens with zero attached hydrogens (tertiary/aromatic N) is 3. The Morgan fingerprint density at radius 2 is 2.17 bits per heavy atom. The first-order valence-corrected chi connectivity index (χ1v) is 8.52. The number of aliphatic carboxylic acids is 1. The number of anilines is 1. The fourth-order valence-electron chi connectivity index (χ4n) is 3.93. The zero-order chi connectivity index (χ0) is 17.0. The lowest BCUT2D eigenvalue weighted by Gasteiger charge is -2.31. The Kier molecular flexibility index (Phi) is 3.66. The third-order valence-electron chi connectivity index (χ3n) is 5.44. The van der Waals surface area contributed by atoms with Crippen LogP contribution in [-0.2, 0) is 10.2 Å². The molecule has 2 aromatic rings. The monoisotopic (exact) mass is 380 g/mol. The Hall–Kier alpha value is -1.63. The summed E-state index contributed by atoms with van der Waals surface area (Å²) >= 11 is 3.46. The van der Waals surface area contributed by atoms with Crippen LogP contribution >= 0.6 is 15.9 Å². The fraction of sp³-hybridized carbons (Fsp3) is 0.562. The predicted octanol–water partition coefficient (Wildman–Crippen LogP) is 3.24. The highest BCUT2D eigenvalue weighted by molar-refractivity contribution is 9.10. The van der Waals surface area contributed by atoms with Crippen molar-refractivity contribution in [2.75, 3.05) is 5.73 Å². The zero-order valence-corrected chi connectivity index (χ0v) is 15.1.